The van der Waals surface area contributed by atoms with E-state index in [-0.39, 0.29) is 0 Å². The summed E-state index contributed by atoms with van der Waals surface area (Å²) in [7, 11) is 0. The van der Waals surface area contributed by atoms with E-state index in [4.69, 9.17) is 11.6 Å². The fourth-order valence-electron chi connectivity index (χ4n) is 2.65. The zero-order chi connectivity index (χ0) is 14.5. The molecule has 0 amide bonds. The first-order chi connectivity index (χ1) is 9.61. The van der Waals surface area contributed by atoms with Crippen LogP contribution >= 0.6 is 11.6 Å². The smallest absolute Gasteiger partial charge is 0.128 e. The second-order valence-corrected chi connectivity index (χ2v) is 6.41. The van der Waals surface area contributed by atoms with Gasteiger partial charge in [-0.1, -0.05) is 32.4 Å². The van der Waals surface area contributed by atoms with Gasteiger partial charge in [0.25, 0.3) is 0 Å². The minimum Gasteiger partial charge on any atom is -0.356 e. The predicted molar refractivity (Wildman–Crippen MR) is 86.4 cm³/mol. The molecule has 4 heteroatoms. The standard InChI is InChI=1S/C16H26ClN3/c1-4-6-18-9-14-8-16(19-10-15(14)17)20-7-5-12(2)13(3)11-20/h8,10,12-13,18H,4-7,9,11H2,1-3H3. The second kappa shape index (κ2) is 7.28. The molecule has 0 aromatic carbocycles. The molecule has 0 aliphatic carbocycles. The number of aromatic nitrogens is 1. The normalized spacial score (nSPS) is 23.1. The van der Waals surface area contributed by atoms with Crippen molar-refractivity contribution in [3.8, 4) is 0 Å². The molecule has 1 aliphatic heterocycles. The Morgan fingerprint density at radius 1 is 1.40 bits per heavy atom. The molecule has 0 saturated carbocycles. The first-order valence-corrected chi connectivity index (χ1v) is 8.09. The number of nitrogens with zero attached hydrogens (tertiary/aromatic N) is 2. The number of halogens is 1. The van der Waals surface area contributed by atoms with Crippen molar-refractivity contribution >= 4 is 17.4 Å². The van der Waals surface area contributed by atoms with Gasteiger partial charge in [0.1, 0.15) is 5.82 Å². The molecule has 0 bridgehead atoms. The number of hydrogen-bond donors (Lipinski definition) is 1. The Bertz CT molecular complexity index is 436. The molecular weight excluding hydrogens is 270 g/mol. The van der Waals surface area contributed by atoms with Gasteiger partial charge in [0.15, 0.2) is 0 Å². The molecule has 0 radical (unpaired) electrons. The van der Waals surface area contributed by atoms with Crippen molar-refractivity contribution in [2.24, 2.45) is 11.8 Å². The molecule has 1 aromatic rings. The molecule has 1 N–H and O–H groups in total. The van der Waals surface area contributed by atoms with Crippen molar-refractivity contribution in [1.29, 1.82) is 0 Å². The third-order valence-electron chi connectivity index (χ3n) is 4.32. The summed E-state index contributed by atoms with van der Waals surface area (Å²) in [5.41, 5.74) is 1.15. The molecule has 2 unspecified atom stereocenters. The number of hydrogen-bond acceptors (Lipinski definition) is 3. The van der Waals surface area contributed by atoms with Gasteiger partial charge in [-0.15, -0.1) is 0 Å². The maximum absolute atomic E-state index is 6.24. The molecule has 2 atom stereocenters. The zero-order valence-corrected chi connectivity index (χ0v) is 13.6. The lowest BCUT2D eigenvalue weighted by molar-refractivity contribution is 0.323. The van der Waals surface area contributed by atoms with Crippen LogP contribution in [0.3, 0.4) is 0 Å². The zero-order valence-electron chi connectivity index (χ0n) is 12.8. The Morgan fingerprint density at radius 3 is 2.90 bits per heavy atom. The van der Waals surface area contributed by atoms with Crippen molar-refractivity contribution in [3.05, 3.63) is 22.8 Å². The van der Waals surface area contributed by atoms with E-state index in [1.54, 1.807) is 6.20 Å². The molecule has 1 aromatic heterocycles. The van der Waals surface area contributed by atoms with E-state index in [0.717, 1.165) is 60.8 Å². The van der Waals surface area contributed by atoms with Crippen LogP contribution < -0.4 is 10.2 Å². The highest BCUT2D eigenvalue weighted by molar-refractivity contribution is 6.31. The van der Waals surface area contributed by atoms with Gasteiger partial charge in [-0.2, -0.15) is 0 Å². The number of anilines is 1. The quantitative estimate of drug-likeness (QED) is 0.839. The van der Waals surface area contributed by atoms with E-state index in [0.29, 0.717) is 0 Å². The van der Waals surface area contributed by atoms with E-state index < -0.39 is 0 Å². The summed E-state index contributed by atoms with van der Waals surface area (Å²) < 4.78 is 0. The average Bonchev–Trinajstić information content (AvgIpc) is 2.44. The van der Waals surface area contributed by atoms with Gasteiger partial charge in [0.2, 0.25) is 0 Å². The summed E-state index contributed by atoms with van der Waals surface area (Å²) in [6.07, 6.45) is 4.18. The Hall–Kier alpha value is -0.800. The van der Waals surface area contributed by atoms with Crippen LogP contribution in [0.1, 0.15) is 39.2 Å². The van der Waals surface area contributed by atoms with Gasteiger partial charge in [-0.25, -0.2) is 4.98 Å². The number of pyridine rings is 1. The number of rotatable bonds is 5. The van der Waals surface area contributed by atoms with Gasteiger partial charge in [0.05, 0.1) is 5.02 Å². The van der Waals surface area contributed by atoms with Gasteiger partial charge in [-0.05, 0) is 42.9 Å². The fourth-order valence-corrected chi connectivity index (χ4v) is 2.82. The first-order valence-electron chi connectivity index (χ1n) is 7.72. The van der Waals surface area contributed by atoms with E-state index in [2.05, 4.69) is 42.0 Å². The van der Waals surface area contributed by atoms with Crippen molar-refractivity contribution in [2.45, 2.75) is 40.2 Å². The Morgan fingerprint density at radius 2 is 2.20 bits per heavy atom. The Balaban J connectivity index is 2.06. The van der Waals surface area contributed by atoms with Crippen LogP contribution in [0.2, 0.25) is 5.02 Å². The lowest BCUT2D eigenvalue weighted by Crippen LogP contribution is -2.38. The minimum atomic E-state index is 0.725. The highest BCUT2D eigenvalue weighted by atomic mass is 35.5. The van der Waals surface area contributed by atoms with Gasteiger partial charge < -0.3 is 10.2 Å². The molecule has 1 aliphatic rings. The molecule has 1 saturated heterocycles. The molecular formula is C16H26ClN3. The molecule has 112 valence electrons. The predicted octanol–water partition coefficient (Wildman–Crippen LogP) is 3.72. The molecule has 0 spiro atoms. The fraction of sp³-hybridized carbons (Fsp3) is 0.688. The van der Waals surface area contributed by atoms with Crippen LogP contribution in [0.5, 0.6) is 0 Å². The van der Waals surface area contributed by atoms with Crippen LogP contribution in [-0.2, 0) is 6.54 Å². The first kappa shape index (κ1) is 15.6. The summed E-state index contributed by atoms with van der Waals surface area (Å²) >= 11 is 6.24. The summed E-state index contributed by atoms with van der Waals surface area (Å²) in [5, 5.41) is 4.17. The Kier molecular flexibility index (Phi) is 5.67. The summed E-state index contributed by atoms with van der Waals surface area (Å²) in [6.45, 7) is 10.9. The second-order valence-electron chi connectivity index (χ2n) is 6.00. The van der Waals surface area contributed by atoms with Crippen LogP contribution in [0.4, 0.5) is 5.82 Å². The largest absolute Gasteiger partial charge is 0.356 e. The SMILES string of the molecule is CCCNCc1cc(N2CCC(C)C(C)C2)ncc1Cl. The van der Waals surface area contributed by atoms with Crippen molar-refractivity contribution in [2.75, 3.05) is 24.5 Å². The lowest BCUT2D eigenvalue weighted by atomic mass is 9.89. The molecule has 3 nitrogen and oxygen atoms in total. The number of nitrogens with one attached hydrogen (secondary N) is 1. The van der Waals surface area contributed by atoms with Crippen LogP contribution in [0.15, 0.2) is 12.3 Å². The van der Waals surface area contributed by atoms with Crippen molar-refractivity contribution in [1.82, 2.24) is 10.3 Å². The van der Waals surface area contributed by atoms with Crippen LogP contribution in [0, 0.1) is 11.8 Å². The minimum absolute atomic E-state index is 0.725. The molecule has 2 heterocycles. The van der Waals surface area contributed by atoms with Gasteiger partial charge in [0, 0.05) is 25.8 Å². The summed E-state index contributed by atoms with van der Waals surface area (Å²) in [5.74, 6) is 2.61. The van der Waals surface area contributed by atoms with Gasteiger partial charge in [-0.3, -0.25) is 0 Å². The monoisotopic (exact) mass is 295 g/mol. The third kappa shape index (κ3) is 3.86. The summed E-state index contributed by atoms with van der Waals surface area (Å²) in [4.78, 5) is 6.91. The van der Waals surface area contributed by atoms with E-state index in [1.165, 1.54) is 6.42 Å². The highest BCUT2D eigenvalue weighted by Crippen LogP contribution is 2.27. The van der Waals surface area contributed by atoms with E-state index in [9.17, 15) is 0 Å². The van der Waals surface area contributed by atoms with Crippen molar-refractivity contribution in [3.63, 3.8) is 0 Å². The molecule has 1 fully saturated rings. The van der Waals surface area contributed by atoms with E-state index >= 15 is 0 Å². The van der Waals surface area contributed by atoms with Crippen molar-refractivity contribution < 1.29 is 0 Å². The number of piperidine rings is 1. The topological polar surface area (TPSA) is 28.2 Å². The maximum atomic E-state index is 6.24. The Labute approximate surface area is 127 Å². The molecule has 20 heavy (non-hydrogen) atoms. The summed E-state index contributed by atoms with van der Waals surface area (Å²) in [6, 6.07) is 2.15. The third-order valence-corrected chi connectivity index (χ3v) is 4.66. The van der Waals surface area contributed by atoms with Crippen LogP contribution in [-0.4, -0.2) is 24.6 Å². The molecule has 2 rings (SSSR count). The lowest BCUT2D eigenvalue weighted by Gasteiger charge is -2.36. The van der Waals surface area contributed by atoms with Crippen LogP contribution in [0.25, 0.3) is 0 Å². The van der Waals surface area contributed by atoms with Gasteiger partial charge >= 0.3 is 0 Å². The highest BCUT2D eigenvalue weighted by Gasteiger charge is 2.23. The van der Waals surface area contributed by atoms with E-state index in [1.807, 2.05) is 0 Å². The maximum Gasteiger partial charge on any atom is 0.128 e. The average molecular weight is 296 g/mol.